The molecular formula is C21H40O2. The van der Waals surface area contributed by atoms with Crippen LogP contribution in [0.4, 0.5) is 0 Å². The van der Waals surface area contributed by atoms with Crippen LogP contribution in [0.3, 0.4) is 0 Å². The van der Waals surface area contributed by atoms with Crippen molar-refractivity contribution in [3.8, 4) is 0 Å². The molecule has 0 bridgehead atoms. The van der Waals surface area contributed by atoms with Crippen LogP contribution >= 0.6 is 0 Å². The SMILES string of the molecule is C=C(CCC[C@H](C)CCC[C@H](C)CCCC(C)C)CC(=O)OC. The average Bonchev–Trinajstić information content (AvgIpc) is 2.46. The second-order valence-electron chi connectivity index (χ2n) is 7.86. The molecule has 0 amide bonds. The summed E-state index contributed by atoms with van der Waals surface area (Å²) in [6.45, 7) is 13.3. The molecule has 0 unspecified atom stereocenters. The standard InChI is InChI=1S/C21H40O2/c1-17(2)10-7-11-18(3)12-8-13-19(4)14-9-15-20(5)16-21(22)23-6/h17-19H,5,7-16H2,1-4,6H3/t18-,19-/m1/s1. The number of ether oxygens (including phenoxy) is 1. The summed E-state index contributed by atoms with van der Waals surface area (Å²) in [6.07, 6.45) is 11.9. The highest BCUT2D eigenvalue weighted by Gasteiger charge is 2.08. The van der Waals surface area contributed by atoms with Crippen LogP contribution in [0.1, 0.15) is 91.9 Å². The number of carbonyl (C=O) groups is 1. The van der Waals surface area contributed by atoms with E-state index in [0.29, 0.717) is 6.42 Å². The van der Waals surface area contributed by atoms with Gasteiger partial charge in [0.1, 0.15) is 0 Å². The smallest absolute Gasteiger partial charge is 0.309 e. The Balaban J connectivity index is 3.58. The lowest BCUT2D eigenvalue weighted by molar-refractivity contribution is -0.139. The topological polar surface area (TPSA) is 26.3 Å². The molecule has 2 atom stereocenters. The summed E-state index contributed by atoms with van der Waals surface area (Å²) in [6, 6.07) is 0. The van der Waals surface area contributed by atoms with E-state index in [1.807, 2.05) is 0 Å². The molecule has 0 aliphatic carbocycles. The van der Waals surface area contributed by atoms with E-state index in [1.165, 1.54) is 52.1 Å². The Morgan fingerprint density at radius 3 is 1.83 bits per heavy atom. The Labute approximate surface area is 145 Å². The maximum atomic E-state index is 11.2. The Bertz CT molecular complexity index is 320. The normalized spacial score (nSPS) is 13.8. The van der Waals surface area contributed by atoms with Crippen molar-refractivity contribution in [1.29, 1.82) is 0 Å². The first kappa shape index (κ1) is 22.2. The van der Waals surface area contributed by atoms with E-state index in [-0.39, 0.29) is 5.97 Å². The van der Waals surface area contributed by atoms with Gasteiger partial charge < -0.3 is 4.74 Å². The predicted octanol–water partition coefficient (Wildman–Crippen LogP) is 6.54. The largest absolute Gasteiger partial charge is 0.469 e. The van der Waals surface area contributed by atoms with Crippen molar-refractivity contribution < 1.29 is 9.53 Å². The van der Waals surface area contributed by atoms with Gasteiger partial charge in [0, 0.05) is 0 Å². The fourth-order valence-electron chi connectivity index (χ4n) is 3.04. The van der Waals surface area contributed by atoms with E-state index in [0.717, 1.165) is 36.2 Å². The second-order valence-corrected chi connectivity index (χ2v) is 7.86. The van der Waals surface area contributed by atoms with Crippen molar-refractivity contribution in [1.82, 2.24) is 0 Å². The first-order chi connectivity index (χ1) is 10.8. The molecule has 0 aliphatic rings. The van der Waals surface area contributed by atoms with Gasteiger partial charge in [-0.2, -0.15) is 0 Å². The van der Waals surface area contributed by atoms with Crippen molar-refractivity contribution in [2.75, 3.05) is 7.11 Å². The molecule has 0 aromatic rings. The lowest BCUT2D eigenvalue weighted by atomic mass is 9.91. The van der Waals surface area contributed by atoms with Crippen LogP contribution in [0.15, 0.2) is 12.2 Å². The number of hydrogen-bond donors (Lipinski definition) is 0. The van der Waals surface area contributed by atoms with Crippen molar-refractivity contribution in [2.45, 2.75) is 91.9 Å². The van der Waals surface area contributed by atoms with Crippen LogP contribution in [0.2, 0.25) is 0 Å². The lowest BCUT2D eigenvalue weighted by Gasteiger charge is -2.15. The summed E-state index contributed by atoms with van der Waals surface area (Å²) in [7, 11) is 1.43. The predicted molar refractivity (Wildman–Crippen MR) is 100 cm³/mol. The minimum atomic E-state index is -0.172. The monoisotopic (exact) mass is 324 g/mol. The molecule has 0 aromatic carbocycles. The third-order valence-electron chi connectivity index (χ3n) is 4.72. The summed E-state index contributed by atoms with van der Waals surface area (Å²) in [5, 5.41) is 0. The van der Waals surface area contributed by atoms with E-state index < -0.39 is 0 Å². The maximum absolute atomic E-state index is 11.2. The van der Waals surface area contributed by atoms with Crippen LogP contribution in [0.25, 0.3) is 0 Å². The molecule has 136 valence electrons. The highest BCUT2D eigenvalue weighted by atomic mass is 16.5. The minimum absolute atomic E-state index is 0.172. The highest BCUT2D eigenvalue weighted by molar-refractivity contribution is 5.71. The molecule has 23 heavy (non-hydrogen) atoms. The lowest BCUT2D eigenvalue weighted by Crippen LogP contribution is -2.02. The van der Waals surface area contributed by atoms with Gasteiger partial charge in [0.15, 0.2) is 0 Å². The van der Waals surface area contributed by atoms with E-state index >= 15 is 0 Å². The van der Waals surface area contributed by atoms with E-state index in [1.54, 1.807) is 0 Å². The van der Waals surface area contributed by atoms with Gasteiger partial charge in [-0.25, -0.2) is 0 Å². The van der Waals surface area contributed by atoms with Crippen molar-refractivity contribution in [3.05, 3.63) is 12.2 Å². The summed E-state index contributed by atoms with van der Waals surface area (Å²) < 4.78 is 4.66. The second kappa shape index (κ2) is 13.6. The maximum Gasteiger partial charge on any atom is 0.309 e. The van der Waals surface area contributed by atoms with E-state index in [2.05, 4.69) is 39.0 Å². The average molecular weight is 325 g/mol. The van der Waals surface area contributed by atoms with Crippen molar-refractivity contribution in [3.63, 3.8) is 0 Å². The zero-order valence-corrected chi connectivity index (χ0v) is 16.3. The Morgan fingerprint density at radius 1 is 0.870 bits per heavy atom. The van der Waals surface area contributed by atoms with Crippen LogP contribution in [-0.2, 0) is 9.53 Å². The van der Waals surface area contributed by atoms with Crippen LogP contribution < -0.4 is 0 Å². The summed E-state index contributed by atoms with van der Waals surface area (Å²) in [5.74, 6) is 2.33. The highest BCUT2D eigenvalue weighted by Crippen LogP contribution is 2.22. The number of carbonyl (C=O) groups excluding carboxylic acids is 1. The van der Waals surface area contributed by atoms with Gasteiger partial charge >= 0.3 is 5.97 Å². The molecule has 0 radical (unpaired) electrons. The molecule has 0 aliphatic heterocycles. The Hall–Kier alpha value is -0.790. The van der Waals surface area contributed by atoms with Gasteiger partial charge in [0.2, 0.25) is 0 Å². The van der Waals surface area contributed by atoms with Gasteiger partial charge in [-0.05, 0) is 30.6 Å². The third-order valence-corrected chi connectivity index (χ3v) is 4.72. The quantitative estimate of drug-likeness (QED) is 0.268. The molecule has 0 N–H and O–H groups in total. The molecular weight excluding hydrogens is 284 g/mol. The van der Waals surface area contributed by atoms with Crippen LogP contribution in [0, 0.1) is 17.8 Å². The van der Waals surface area contributed by atoms with Gasteiger partial charge in [-0.3, -0.25) is 4.79 Å². The summed E-state index contributed by atoms with van der Waals surface area (Å²) in [5.41, 5.74) is 1.00. The molecule has 0 saturated heterocycles. The van der Waals surface area contributed by atoms with Gasteiger partial charge in [-0.1, -0.05) is 84.8 Å². The zero-order chi connectivity index (χ0) is 17.7. The van der Waals surface area contributed by atoms with Crippen molar-refractivity contribution >= 4 is 5.97 Å². The first-order valence-electron chi connectivity index (χ1n) is 9.58. The van der Waals surface area contributed by atoms with Gasteiger partial charge in [0.05, 0.1) is 13.5 Å². The van der Waals surface area contributed by atoms with E-state index in [4.69, 9.17) is 0 Å². The zero-order valence-electron chi connectivity index (χ0n) is 16.3. The molecule has 0 spiro atoms. The van der Waals surface area contributed by atoms with Crippen LogP contribution in [0.5, 0.6) is 0 Å². The van der Waals surface area contributed by atoms with Gasteiger partial charge in [-0.15, -0.1) is 0 Å². The fraction of sp³-hybridized carbons (Fsp3) is 0.857. The van der Waals surface area contributed by atoms with Crippen LogP contribution in [-0.4, -0.2) is 13.1 Å². The molecule has 0 rings (SSSR count). The first-order valence-corrected chi connectivity index (χ1v) is 9.58. The molecule has 0 aromatic heterocycles. The molecule has 0 fully saturated rings. The molecule has 2 heteroatoms. The van der Waals surface area contributed by atoms with Gasteiger partial charge in [0.25, 0.3) is 0 Å². The number of hydrogen-bond acceptors (Lipinski definition) is 2. The Kier molecular flexibility index (Phi) is 13.2. The molecule has 0 heterocycles. The third kappa shape index (κ3) is 14.5. The number of esters is 1. The molecule has 2 nitrogen and oxygen atoms in total. The van der Waals surface area contributed by atoms with Crippen molar-refractivity contribution in [2.24, 2.45) is 17.8 Å². The Morgan fingerprint density at radius 2 is 1.35 bits per heavy atom. The van der Waals surface area contributed by atoms with E-state index in [9.17, 15) is 4.79 Å². The number of rotatable bonds is 14. The molecule has 0 saturated carbocycles. The fourth-order valence-corrected chi connectivity index (χ4v) is 3.04. The number of methoxy groups -OCH3 is 1. The summed E-state index contributed by atoms with van der Waals surface area (Å²) in [4.78, 5) is 11.2. The minimum Gasteiger partial charge on any atom is -0.469 e. The summed E-state index contributed by atoms with van der Waals surface area (Å²) >= 11 is 0.